The fourth-order valence-electron chi connectivity index (χ4n) is 4.16. The molecule has 1 rings (SSSR count). The van der Waals surface area contributed by atoms with Crippen molar-refractivity contribution in [3.63, 3.8) is 0 Å². The summed E-state index contributed by atoms with van der Waals surface area (Å²) in [4.78, 5) is 0. The van der Waals surface area contributed by atoms with Crippen molar-refractivity contribution in [3.8, 4) is 0 Å². The first-order chi connectivity index (χ1) is 14.9. The number of rotatable bonds is 25. The molecular weight excluding hydrogens is 368 g/mol. The fourth-order valence-corrected chi connectivity index (χ4v) is 4.16. The summed E-state index contributed by atoms with van der Waals surface area (Å²) in [6, 6.07) is 0. The van der Waals surface area contributed by atoms with Crippen LogP contribution in [0.4, 0.5) is 0 Å². The van der Waals surface area contributed by atoms with Crippen molar-refractivity contribution in [2.45, 2.75) is 154 Å². The van der Waals surface area contributed by atoms with Gasteiger partial charge in [-0.2, -0.15) is 0 Å². The maximum atomic E-state index is 5.40. The lowest BCUT2D eigenvalue weighted by Crippen LogP contribution is -1.94. The molecule has 0 N–H and O–H groups in total. The summed E-state index contributed by atoms with van der Waals surface area (Å²) in [6.07, 6.45) is 35.9. The molecular formula is C28H54O2. The highest BCUT2D eigenvalue weighted by atomic mass is 16.6. The van der Waals surface area contributed by atoms with Gasteiger partial charge in [0.15, 0.2) is 0 Å². The van der Waals surface area contributed by atoms with Crippen LogP contribution < -0.4 is 0 Å². The van der Waals surface area contributed by atoms with E-state index in [4.69, 9.17) is 9.47 Å². The number of hydrogen-bond acceptors (Lipinski definition) is 2. The van der Waals surface area contributed by atoms with Gasteiger partial charge in [0.05, 0.1) is 12.9 Å². The summed E-state index contributed by atoms with van der Waals surface area (Å²) >= 11 is 0. The number of allylic oxidation sites excluding steroid dienone is 1. The SMILES string of the molecule is CCCCCCCCCCCCCCCCCCCCCCCC=COCC1CO1. The summed E-state index contributed by atoms with van der Waals surface area (Å²) in [6.45, 7) is 3.91. The van der Waals surface area contributed by atoms with Crippen LogP contribution in [0.2, 0.25) is 0 Å². The Morgan fingerprint density at radius 2 is 0.967 bits per heavy atom. The van der Waals surface area contributed by atoms with E-state index in [0.717, 1.165) is 19.6 Å². The summed E-state index contributed by atoms with van der Waals surface area (Å²) < 4.78 is 10.5. The van der Waals surface area contributed by atoms with E-state index in [9.17, 15) is 0 Å². The Labute approximate surface area is 189 Å². The van der Waals surface area contributed by atoms with E-state index in [1.807, 2.05) is 6.26 Å². The molecule has 1 aliphatic heterocycles. The quantitative estimate of drug-likeness (QED) is 0.0829. The van der Waals surface area contributed by atoms with Crippen molar-refractivity contribution < 1.29 is 9.47 Å². The first kappa shape index (κ1) is 27.5. The normalized spacial score (nSPS) is 15.8. The highest BCUT2D eigenvalue weighted by molar-refractivity contribution is 4.75. The lowest BCUT2D eigenvalue weighted by Gasteiger charge is -2.04. The van der Waals surface area contributed by atoms with E-state index >= 15 is 0 Å². The van der Waals surface area contributed by atoms with Gasteiger partial charge < -0.3 is 9.47 Å². The first-order valence-corrected chi connectivity index (χ1v) is 13.8. The van der Waals surface area contributed by atoms with E-state index in [1.165, 1.54) is 135 Å². The minimum Gasteiger partial charge on any atom is -0.499 e. The second kappa shape index (κ2) is 23.2. The summed E-state index contributed by atoms with van der Waals surface area (Å²) in [5.41, 5.74) is 0. The Hall–Kier alpha value is -0.500. The predicted octanol–water partition coefficient (Wildman–Crippen LogP) is 9.52. The maximum Gasteiger partial charge on any atom is 0.116 e. The van der Waals surface area contributed by atoms with Gasteiger partial charge in [-0.15, -0.1) is 0 Å². The van der Waals surface area contributed by atoms with Crippen molar-refractivity contribution in [2.24, 2.45) is 0 Å². The summed E-state index contributed by atoms with van der Waals surface area (Å²) in [5, 5.41) is 0. The zero-order chi connectivity index (χ0) is 21.4. The molecule has 0 aromatic rings. The summed E-state index contributed by atoms with van der Waals surface area (Å²) in [5.74, 6) is 0. The van der Waals surface area contributed by atoms with Crippen molar-refractivity contribution in [1.29, 1.82) is 0 Å². The lowest BCUT2D eigenvalue weighted by atomic mass is 10.0. The average molecular weight is 423 g/mol. The Morgan fingerprint density at radius 3 is 1.33 bits per heavy atom. The standard InChI is InChI=1S/C28H54O2/c1-2-3-4-5-6-7-8-9-10-11-12-13-14-15-16-17-18-19-20-21-22-23-24-25-29-26-28-27-30-28/h24-25,28H,2-23,26-27H2,1H3. The molecule has 0 bridgehead atoms. The Kier molecular flexibility index (Phi) is 21.3. The molecule has 1 heterocycles. The molecule has 1 saturated heterocycles. The molecule has 0 aromatic carbocycles. The zero-order valence-corrected chi connectivity index (χ0v) is 20.5. The van der Waals surface area contributed by atoms with Crippen LogP contribution in [0.15, 0.2) is 12.3 Å². The van der Waals surface area contributed by atoms with E-state index in [0.29, 0.717) is 6.10 Å². The molecule has 0 aromatic heterocycles. The van der Waals surface area contributed by atoms with Gasteiger partial charge in [0.2, 0.25) is 0 Å². The van der Waals surface area contributed by atoms with Gasteiger partial charge in [0.25, 0.3) is 0 Å². The maximum absolute atomic E-state index is 5.40. The third kappa shape index (κ3) is 22.2. The van der Waals surface area contributed by atoms with Gasteiger partial charge >= 0.3 is 0 Å². The van der Waals surface area contributed by atoms with Gasteiger partial charge in [-0.05, 0) is 18.9 Å². The van der Waals surface area contributed by atoms with Crippen LogP contribution in [-0.2, 0) is 9.47 Å². The molecule has 0 saturated carbocycles. The van der Waals surface area contributed by atoms with Crippen LogP contribution in [0.3, 0.4) is 0 Å². The third-order valence-electron chi connectivity index (χ3n) is 6.35. The Morgan fingerprint density at radius 1 is 0.600 bits per heavy atom. The molecule has 1 atom stereocenters. The van der Waals surface area contributed by atoms with E-state index in [1.54, 1.807) is 0 Å². The van der Waals surface area contributed by atoms with Crippen LogP contribution in [-0.4, -0.2) is 19.3 Å². The topological polar surface area (TPSA) is 21.8 Å². The van der Waals surface area contributed by atoms with Crippen LogP contribution >= 0.6 is 0 Å². The molecule has 1 unspecified atom stereocenters. The molecule has 178 valence electrons. The predicted molar refractivity (Wildman–Crippen MR) is 132 cm³/mol. The first-order valence-electron chi connectivity index (χ1n) is 13.8. The van der Waals surface area contributed by atoms with E-state index < -0.39 is 0 Å². The zero-order valence-electron chi connectivity index (χ0n) is 20.5. The molecule has 0 amide bonds. The average Bonchev–Trinajstić information content (AvgIpc) is 3.58. The van der Waals surface area contributed by atoms with E-state index in [-0.39, 0.29) is 0 Å². The molecule has 30 heavy (non-hydrogen) atoms. The largest absolute Gasteiger partial charge is 0.499 e. The van der Waals surface area contributed by atoms with Crippen molar-refractivity contribution in [3.05, 3.63) is 12.3 Å². The second-order valence-electron chi connectivity index (χ2n) is 9.52. The molecule has 2 heteroatoms. The van der Waals surface area contributed by atoms with Gasteiger partial charge in [0.1, 0.15) is 12.7 Å². The summed E-state index contributed by atoms with van der Waals surface area (Å²) in [7, 11) is 0. The smallest absolute Gasteiger partial charge is 0.116 e. The van der Waals surface area contributed by atoms with Gasteiger partial charge in [-0.3, -0.25) is 0 Å². The fraction of sp³-hybridized carbons (Fsp3) is 0.929. The van der Waals surface area contributed by atoms with Crippen LogP contribution in [0.5, 0.6) is 0 Å². The Balaban J connectivity index is 1.61. The molecule has 1 aliphatic rings. The highest BCUT2D eigenvalue weighted by Crippen LogP contribution is 2.15. The van der Waals surface area contributed by atoms with E-state index in [2.05, 4.69) is 13.0 Å². The number of unbranched alkanes of at least 4 members (excludes halogenated alkanes) is 21. The molecule has 0 aliphatic carbocycles. The molecule has 1 fully saturated rings. The van der Waals surface area contributed by atoms with Gasteiger partial charge in [-0.25, -0.2) is 0 Å². The van der Waals surface area contributed by atoms with Crippen LogP contribution in [0.25, 0.3) is 0 Å². The Bertz CT molecular complexity index is 349. The van der Waals surface area contributed by atoms with Crippen molar-refractivity contribution in [2.75, 3.05) is 13.2 Å². The molecule has 0 spiro atoms. The van der Waals surface area contributed by atoms with Crippen LogP contribution in [0, 0.1) is 0 Å². The molecule has 0 radical (unpaired) electrons. The minimum atomic E-state index is 0.374. The van der Waals surface area contributed by atoms with Crippen molar-refractivity contribution >= 4 is 0 Å². The van der Waals surface area contributed by atoms with Gasteiger partial charge in [-0.1, -0.05) is 135 Å². The van der Waals surface area contributed by atoms with Gasteiger partial charge in [0, 0.05) is 0 Å². The number of hydrogen-bond donors (Lipinski definition) is 0. The lowest BCUT2D eigenvalue weighted by molar-refractivity contribution is 0.211. The third-order valence-corrected chi connectivity index (χ3v) is 6.35. The van der Waals surface area contributed by atoms with Crippen molar-refractivity contribution in [1.82, 2.24) is 0 Å². The second-order valence-corrected chi connectivity index (χ2v) is 9.52. The minimum absolute atomic E-state index is 0.374. The van der Waals surface area contributed by atoms with Crippen LogP contribution in [0.1, 0.15) is 148 Å². The number of ether oxygens (including phenoxy) is 2. The monoisotopic (exact) mass is 422 g/mol. The highest BCUT2D eigenvalue weighted by Gasteiger charge is 2.22. The molecule has 2 nitrogen and oxygen atoms in total. The number of epoxide rings is 1.